The summed E-state index contributed by atoms with van der Waals surface area (Å²) in [5.41, 5.74) is 10.9. The van der Waals surface area contributed by atoms with Gasteiger partial charge in [0.15, 0.2) is 0 Å². The van der Waals surface area contributed by atoms with Crippen LogP contribution in [0.25, 0.3) is 0 Å². The summed E-state index contributed by atoms with van der Waals surface area (Å²) < 4.78 is 0. The fourth-order valence-electron chi connectivity index (χ4n) is 4.82. The van der Waals surface area contributed by atoms with Gasteiger partial charge in [0.1, 0.15) is 0 Å². The van der Waals surface area contributed by atoms with Crippen molar-refractivity contribution in [2.45, 2.75) is 184 Å². The van der Waals surface area contributed by atoms with Gasteiger partial charge in [-0.05, 0) is 93.2 Å². The van der Waals surface area contributed by atoms with Crippen LogP contribution < -0.4 is 0 Å². The zero-order valence-corrected chi connectivity index (χ0v) is 37.0. The molecule has 0 saturated carbocycles. The smallest absolute Gasteiger partial charge is 0.0460 e. The van der Waals surface area contributed by atoms with Crippen molar-refractivity contribution in [2.24, 2.45) is 0 Å². The Morgan fingerprint density at radius 3 is 1.40 bits per heavy atom. The molecular formula is C48H76N4. The van der Waals surface area contributed by atoms with Crippen LogP contribution in [0, 0.1) is 0 Å². The van der Waals surface area contributed by atoms with Crippen LogP contribution in [0.3, 0.4) is 0 Å². The number of nitrogens with zero attached hydrogens (tertiary/aromatic N) is 4. The monoisotopic (exact) mass is 709 g/mol. The van der Waals surface area contributed by atoms with Crippen molar-refractivity contribution in [3.63, 3.8) is 0 Å². The number of hydrogen-bond acceptors (Lipinski definition) is 4. The molecule has 0 fully saturated rings. The van der Waals surface area contributed by atoms with Gasteiger partial charge in [0.25, 0.3) is 0 Å². The molecule has 0 aromatic carbocycles. The zero-order valence-electron chi connectivity index (χ0n) is 37.0. The van der Waals surface area contributed by atoms with Crippen molar-refractivity contribution < 1.29 is 0 Å². The standard InChI is InChI=1S/4C12H19N/c1-9(2)10-6-11(8-13-7-10)12(3,4)5;1-9(2)11-8-10(6-7-13-11)12(3,4)5;1-9(2)10-6-7-13-11(8-10)12(3,4)5;1-9(2)10-7-6-8-11(13-10)12(3,4)5/h4*6-9H,1-5H3. The van der Waals surface area contributed by atoms with E-state index in [1.54, 1.807) is 0 Å². The number of rotatable bonds is 4. The predicted molar refractivity (Wildman–Crippen MR) is 228 cm³/mol. The van der Waals surface area contributed by atoms with E-state index in [-0.39, 0.29) is 21.7 Å². The van der Waals surface area contributed by atoms with Crippen LogP contribution in [0.4, 0.5) is 0 Å². The Balaban J connectivity index is 0.000000347. The summed E-state index contributed by atoms with van der Waals surface area (Å²) in [5.74, 6) is 2.18. The van der Waals surface area contributed by atoms with Crippen LogP contribution in [0.15, 0.2) is 73.3 Å². The molecule has 0 saturated heterocycles. The van der Waals surface area contributed by atoms with Crippen LogP contribution in [0.5, 0.6) is 0 Å². The highest BCUT2D eigenvalue weighted by Gasteiger charge is 2.18. The first kappa shape index (κ1) is 46.6. The topological polar surface area (TPSA) is 51.6 Å². The summed E-state index contributed by atoms with van der Waals surface area (Å²) in [6.45, 7) is 44.0. The largest absolute Gasteiger partial charge is 0.264 e. The summed E-state index contributed by atoms with van der Waals surface area (Å²) >= 11 is 0. The van der Waals surface area contributed by atoms with Crippen LogP contribution in [0.2, 0.25) is 0 Å². The lowest BCUT2D eigenvalue weighted by Gasteiger charge is -2.19. The van der Waals surface area contributed by atoms with Crippen molar-refractivity contribution >= 4 is 0 Å². The highest BCUT2D eigenvalue weighted by Crippen LogP contribution is 2.26. The van der Waals surface area contributed by atoms with Gasteiger partial charge >= 0.3 is 0 Å². The molecule has 0 amide bonds. The van der Waals surface area contributed by atoms with Crippen LogP contribution >= 0.6 is 0 Å². The molecule has 0 N–H and O–H groups in total. The molecule has 0 radical (unpaired) electrons. The molecule has 4 aromatic rings. The van der Waals surface area contributed by atoms with Gasteiger partial charge in [-0.15, -0.1) is 0 Å². The molecule has 0 aliphatic rings. The second-order valence-corrected chi connectivity index (χ2v) is 19.5. The Hall–Kier alpha value is -3.40. The molecule has 0 aliphatic carbocycles. The third kappa shape index (κ3) is 16.5. The van der Waals surface area contributed by atoms with Gasteiger partial charge in [0, 0.05) is 58.4 Å². The maximum atomic E-state index is 4.64. The minimum atomic E-state index is 0.158. The molecule has 0 aliphatic heterocycles. The van der Waals surface area contributed by atoms with Gasteiger partial charge in [0.2, 0.25) is 0 Å². The SMILES string of the molecule is CC(C)c1cc(C(C)(C)C)ccn1.CC(C)c1cccc(C(C)(C)C)n1.CC(C)c1ccnc(C(C)(C)C)c1.CC(C)c1cncc(C(C)(C)C)c1. The lowest BCUT2D eigenvalue weighted by Crippen LogP contribution is -2.14. The maximum absolute atomic E-state index is 4.64. The lowest BCUT2D eigenvalue weighted by atomic mass is 9.86. The third-order valence-electron chi connectivity index (χ3n) is 8.88. The van der Waals surface area contributed by atoms with E-state index in [4.69, 9.17) is 0 Å². The first-order valence-corrected chi connectivity index (χ1v) is 19.5. The van der Waals surface area contributed by atoms with Crippen molar-refractivity contribution in [3.05, 3.63) is 118 Å². The molecule has 0 bridgehead atoms. The molecule has 52 heavy (non-hydrogen) atoms. The fourth-order valence-corrected chi connectivity index (χ4v) is 4.82. The number of hydrogen-bond donors (Lipinski definition) is 0. The number of aromatic nitrogens is 4. The zero-order chi connectivity index (χ0) is 40.2. The second kappa shape index (κ2) is 19.6. The summed E-state index contributed by atoms with van der Waals surface area (Å²) in [4.78, 5) is 17.7. The van der Waals surface area contributed by atoms with E-state index in [0.29, 0.717) is 23.7 Å². The lowest BCUT2D eigenvalue weighted by molar-refractivity contribution is 0.563. The summed E-state index contributed by atoms with van der Waals surface area (Å²) in [6.07, 6.45) is 7.75. The van der Waals surface area contributed by atoms with E-state index in [1.165, 1.54) is 45.0 Å². The van der Waals surface area contributed by atoms with E-state index in [9.17, 15) is 0 Å². The average molecular weight is 709 g/mol. The Kier molecular flexibility index (Phi) is 17.6. The summed E-state index contributed by atoms with van der Waals surface area (Å²) in [6, 6.07) is 17.2. The van der Waals surface area contributed by atoms with Gasteiger partial charge in [-0.3, -0.25) is 19.9 Å². The molecule has 0 atom stereocenters. The Labute approximate surface area is 321 Å². The van der Waals surface area contributed by atoms with Gasteiger partial charge in [0.05, 0.1) is 0 Å². The quantitative estimate of drug-likeness (QED) is 0.212. The summed E-state index contributed by atoms with van der Waals surface area (Å²) in [7, 11) is 0. The molecule has 4 nitrogen and oxygen atoms in total. The average Bonchev–Trinajstić information content (AvgIpc) is 3.04. The number of pyridine rings is 4. The predicted octanol–water partition coefficient (Wildman–Crippen LogP) is 14.0. The van der Waals surface area contributed by atoms with Crippen molar-refractivity contribution in [2.75, 3.05) is 0 Å². The minimum Gasteiger partial charge on any atom is -0.264 e. The first-order chi connectivity index (χ1) is 23.6. The van der Waals surface area contributed by atoms with Crippen molar-refractivity contribution in [1.29, 1.82) is 0 Å². The van der Waals surface area contributed by atoms with Gasteiger partial charge < -0.3 is 0 Å². The normalized spacial score (nSPS) is 12.2. The molecule has 4 rings (SSSR count). The molecule has 4 heterocycles. The van der Waals surface area contributed by atoms with Crippen molar-refractivity contribution in [3.8, 4) is 0 Å². The van der Waals surface area contributed by atoms with E-state index in [0.717, 1.165) is 0 Å². The van der Waals surface area contributed by atoms with E-state index in [1.807, 2.05) is 24.8 Å². The highest BCUT2D eigenvalue weighted by atomic mass is 14.7. The second-order valence-electron chi connectivity index (χ2n) is 19.5. The first-order valence-electron chi connectivity index (χ1n) is 19.5. The fraction of sp³-hybridized carbons (Fsp3) is 0.583. The van der Waals surface area contributed by atoms with Gasteiger partial charge in [-0.2, -0.15) is 0 Å². The molecule has 4 aromatic heterocycles. The van der Waals surface area contributed by atoms with Crippen LogP contribution in [-0.4, -0.2) is 19.9 Å². The summed E-state index contributed by atoms with van der Waals surface area (Å²) in [5, 5.41) is 0. The van der Waals surface area contributed by atoms with Gasteiger partial charge in [-0.25, -0.2) is 0 Å². The van der Waals surface area contributed by atoms with E-state index < -0.39 is 0 Å². The van der Waals surface area contributed by atoms with Crippen molar-refractivity contribution in [1.82, 2.24) is 19.9 Å². The highest BCUT2D eigenvalue weighted by molar-refractivity contribution is 5.27. The molecule has 288 valence electrons. The van der Waals surface area contributed by atoms with Gasteiger partial charge in [-0.1, -0.05) is 151 Å². The maximum Gasteiger partial charge on any atom is 0.0460 e. The molecule has 4 heteroatoms. The third-order valence-corrected chi connectivity index (χ3v) is 8.88. The molecule has 0 spiro atoms. The van der Waals surface area contributed by atoms with Crippen LogP contribution in [0.1, 0.15) is 207 Å². The Morgan fingerprint density at radius 1 is 0.423 bits per heavy atom. The van der Waals surface area contributed by atoms with E-state index >= 15 is 0 Å². The Morgan fingerprint density at radius 2 is 0.942 bits per heavy atom. The van der Waals surface area contributed by atoms with E-state index in [2.05, 4.69) is 207 Å². The minimum absolute atomic E-state index is 0.158. The molecular weight excluding hydrogens is 633 g/mol. The Bertz CT molecular complexity index is 1370. The molecule has 0 unspecified atom stereocenters. The van der Waals surface area contributed by atoms with Crippen LogP contribution in [-0.2, 0) is 21.7 Å².